The van der Waals surface area contributed by atoms with Gasteiger partial charge in [0.05, 0.1) is 6.85 Å². The van der Waals surface area contributed by atoms with Crippen molar-refractivity contribution in [2.75, 3.05) is 0 Å². The minimum Gasteiger partial charge on any atom is -0.305 e. The van der Waals surface area contributed by atoms with Crippen molar-refractivity contribution in [2.24, 2.45) is 0 Å². The summed E-state index contributed by atoms with van der Waals surface area (Å²) >= 11 is 0. The summed E-state index contributed by atoms with van der Waals surface area (Å²) in [6.45, 7) is 10.4. The third kappa shape index (κ3) is 24.9. The summed E-state index contributed by atoms with van der Waals surface area (Å²) in [5.74, 6) is -0.288. The number of halogens is 1. The third-order valence-electron chi connectivity index (χ3n) is 15.8. The number of nitrogens with zero attached hydrogens (tertiary/aromatic N) is 6. The second-order valence-electron chi connectivity index (χ2n) is 23.4. The quantitative estimate of drug-likeness (QED) is 0.127. The van der Waals surface area contributed by atoms with Gasteiger partial charge in [0, 0.05) is 123 Å². The average Bonchev–Trinajstić information content (AvgIpc) is 0.777. The van der Waals surface area contributed by atoms with Crippen molar-refractivity contribution in [1.29, 1.82) is 0 Å². The number of benzene rings is 10. The van der Waals surface area contributed by atoms with Gasteiger partial charge in [-0.1, -0.05) is 189 Å². The predicted octanol–water partition coefficient (Wildman–Crippen LogP) is 23.6. The number of hydrogen-bond acceptors (Lipinski definition) is 6. The van der Waals surface area contributed by atoms with Crippen molar-refractivity contribution in [1.82, 2.24) is 29.9 Å². The van der Waals surface area contributed by atoms with Crippen LogP contribution in [-0.4, -0.2) is 29.9 Å². The zero-order valence-corrected chi connectivity index (χ0v) is 68.1. The molecule has 106 heavy (non-hydrogen) atoms. The molecule has 16 aromatic rings. The maximum absolute atomic E-state index is 13.2. The van der Waals surface area contributed by atoms with E-state index in [1.165, 1.54) is 69.0 Å². The van der Waals surface area contributed by atoms with Crippen molar-refractivity contribution in [3.05, 3.63) is 423 Å². The first-order valence-corrected chi connectivity index (χ1v) is 33.1. The van der Waals surface area contributed by atoms with Crippen LogP contribution >= 0.6 is 0 Å². The summed E-state index contributed by atoms with van der Waals surface area (Å²) in [6.07, 6.45) is 10.4. The number of aromatic nitrogens is 6. The average molecular weight is 2090 g/mol. The Balaban J connectivity index is 0.000000186. The molecule has 0 fully saturated rings. The van der Waals surface area contributed by atoms with Crippen molar-refractivity contribution in [3.8, 4) is 112 Å². The molecule has 0 atom stereocenters. The van der Waals surface area contributed by atoms with E-state index in [-0.39, 0.29) is 116 Å². The van der Waals surface area contributed by atoms with E-state index in [2.05, 4.69) is 173 Å². The summed E-state index contributed by atoms with van der Waals surface area (Å²) in [5, 5.41) is 0. The van der Waals surface area contributed by atoms with Gasteiger partial charge in [-0.25, -0.2) is 4.39 Å². The van der Waals surface area contributed by atoms with Crippen LogP contribution in [-0.2, 0) is 80.4 Å². The second kappa shape index (κ2) is 43.8. The van der Waals surface area contributed by atoms with Gasteiger partial charge in [-0.2, -0.15) is 0 Å². The van der Waals surface area contributed by atoms with Crippen molar-refractivity contribution in [2.45, 2.75) is 34.6 Å². The smallest absolute Gasteiger partial charge is 0.117 e. The standard InChI is InChI=1S/C20H18N.C17H11FN.2C17H12N.2C12H10N.4Ir/c1-14-9-15(2)11-18(10-14)20-12-16(3)19(13-21-20)17-7-5-4-6-8-17;18-16-9-10-19-17(12-16)15-8-4-7-14(11-15)13-5-2-1-3-6-13;1-3-7-14(8-4-1)16-11-12-17(18-13-16)15-9-5-2-6-10-15;1-2-7-14(8-3-1)15-9-6-10-16(13-15)17-11-4-5-12-18-17;1-10-6-5-9-13-12(10)11-7-3-2-4-8-11;1-10-7-8-12(13-9-10)11-5-3-2-4-6-11;;;;/h4-10,12-13H,1-3H3;1-7,9-12H;2*1-9,11-13H;2-7,9H,1H3;2-5,7-9H,1H3;;;;/q6*-1;;;;/i;;1D,3D,4D,7D,8D;;;;;;;. The molecule has 0 aliphatic rings. The minimum atomic E-state index is -0.396. The van der Waals surface area contributed by atoms with E-state index in [0.717, 1.165) is 72.8 Å². The molecule has 0 aliphatic carbocycles. The SMILES string of the molecule is Cc1[c-]c(-c2cc(C)c(-c3ccccc3)cn2)cc(C)c1.Cc1ccc(-c2[c-]cccc2)nc1.Cc1cccnc1-c1[c-]cccc1.Fc1ccnc(-c2[c-]ccc(-c3ccccc3)c2)c1.[2H]c1c([2H])c([2H])c(-c2ccc(-c3[c-]cccc3)nc2)c([2H])c1[2H].[Ir].[Ir].[Ir].[Ir].[c-]1ccc(-c2ccccc2)cc1-c1ccccn1. The Bertz CT molecular complexity index is 5420. The Hall–Kier alpha value is -10.4. The van der Waals surface area contributed by atoms with Crippen LogP contribution in [0.4, 0.5) is 4.39 Å². The Labute approximate surface area is 685 Å². The Kier molecular flexibility index (Phi) is 31.1. The fraction of sp³-hybridized carbons (Fsp3) is 0.0526. The van der Waals surface area contributed by atoms with E-state index in [1.54, 1.807) is 24.4 Å². The van der Waals surface area contributed by atoms with E-state index in [1.807, 2.05) is 201 Å². The zero-order valence-electron chi connectivity index (χ0n) is 63.5. The maximum Gasteiger partial charge on any atom is 0.117 e. The van der Waals surface area contributed by atoms with Crippen LogP contribution in [0.3, 0.4) is 0 Å². The minimum absolute atomic E-state index is 0. The van der Waals surface area contributed by atoms with Crippen LogP contribution in [0, 0.1) is 76.8 Å². The molecule has 0 aliphatic heterocycles. The first-order valence-electron chi connectivity index (χ1n) is 35.6. The molecule has 4 radical (unpaired) electrons. The Morgan fingerprint density at radius 2 is 0.792 bits per heavy atom. The first kappa shape index (κ1) is 75.3. The third-order valence-corrected chi connectivity index (χ3v) is 15.8. The van der Waals surface area contributed by atoms with Gasteiger partial charge in [-0.3, -0.25) is 0 Å². The number of aryl methyl sites for hydroxylation is 5. The molecule has 0 spiro atoms. The second-order valence-corrected chi connectivity index (χ2v) is 23.4. The van der Waals surface area contributed by atoms with Crippen molar-refractivity contribution < 1.29 is 91.7 Å². The van der Waals surface area contributed by atoms with E-state index in [4.69, 9.17) is 6.85 Å². The molecule has 0 saturated carbocycles. The molecule has 16 rings (SSSR count). The van der Waals surface area contributed by atoms with Gasteiger partial charge in [0.15, 0.2) is 0 Å². The van der Waals surface area contributed by atoms with Crippen LogP contribution in [0.25, 0.3) is 112 Å². The van der Waals surface area contributed by atoms with E-state index < -0.39 is 6.04 Å². The summed E-state index contributed by atoms with van der Waals surface area (Å²) in [4.78, 5) is 26.1. The topological polar surface area (TPSA) is 77.3 Å². The van der Waals surface area contributed by atoms with E-state index in [0.29, 0.717) is 17.0 Å². The predicted molar refractivity (Wildman–Crippen MR) is 416 cm³/mol. The molecule has 6 aromatic heterocycles. The Morgan fingerprint density at radius 1 is 0.292 bits per heavy atom. The van der Waals surface area contributed by atoms with Gasteiger partial charge < -0.3 is 29.9 Å². The number of hydrogen-bond donors (Lipinski definition) is 0. The molecule has 0 unspecified atom stereocenters. The fourth-order valence-corrected chi connectivity index (χ4v) is 10.7. The maximum atomic E-state index is 13.2. The summed E-state index contributed by atoms with van der Waals surface area (Å²) < 4.78 is 52.3. The summed E-state index contributed by atoms with van der Waals surface area (Å²) in [5.41, 5.74) is 24.7. The molecule has 6 nitrogen and oxygen atoms in total. The van der Waals surface area contributed by atoms with Crippen LogP contribution in [0.5, 0.6) is 0 Å². The van der Waals surface area contributed by atoms with Gasteiger partial charge >= 0.3 is 0 Å². The Morgan fingerprint density at radius 3 is 1.30 bits per heavy atom. The molecule has 0 saturated heterocycles. The first-order chi connectivity index (χ1) is 52.1. The van der Waals surface area contributed by atoms with E-state index in [9.17, 15) is 4.39 Å². The molecular formula is C95H73FIr4N6-6. The van der Waals surface area contributed by atoms with Gasteiger partial charge in [-0.15, -0.1) is 213 Å². The largest absolute Gasteiger partial charge is 0.305 e. The van der Waals surface area contributed by atoms with Gasteiger partial charge in [0.25, 0.3) is 0 Å². The molecule has 0 amide bonds. The van der Waals surface area contributed by atoms with Crippen molar-refractivity contribution >= 4 is 0 Å². The summed E-state index contributed by atoms with van der Waals surface area (Å²) in [6, 6.07) is 110. The number of pyridine rings is 6. The normalized spacial score (nSPS) is 10.5. The van der Waals surface area contributed by atoms with Crippen LogP contribution in [0.2, 0.25) is 0 Å². The van der Waals surface area contributed by atoms with Gasteiger partial charge in [0.1, 0.15) is 5.82 Å². The van der Waals surface area contributed by atoms with E-state index >= 15 is 0 Å². The number of rotatable bonds is 10. The summed E-state index contributed by atoms with van der Waals surface area (Å²) in [7, 11) is 0. The van der Waals surface area contributed by atoms with Gasteiger partial charge in [0.2, 0.25) is 0 Å². The molecule has 6 heterocycles. The molecular weight excluding hydrogens is 2010 g/mol. The molecule has 0 bridgehead atoms. The fourth-order valence-electron chi connectivity index (χ4n) is 10.7. The van der Waals surface area contributed by atoms with Crippen LogP contribution in [0.15, 0.2) is 353 Å². The van der Waals surface area contributed by atoms with Crippen LogP contribution < -0.4 is 0 Å². The molecule has 0 N–H and O–H groups in total. The molecule has 532 valence electrons. The molecule has 11 heteroatoms. The molecule has 10 aromatic carbocycles. The zero-order chi connectivity index (χ0) is 74.9. The van der Waals surface area contributed by atoms with Crippen molar-refractivity contribution in [3.63, 3.8) is 0 Å². The van der Waals surface area contributed by atoms with Crippen LogP contribution in [0.1, 0.15) is 34.7 Å². The van der Waals surface area contributed by atoms with Gasteiger partial charge in [-0.05, 0) is 118 Å². The monoisotopic (exact) mass is 2090 g/mol.